The minimum Gasteiger partial charge on any atom is -0.367 e. The van der Waals surface area contributed by atoms with Crippen molar-refractivity contribution in [3.63, 3.8) is 0 Å². The summed E-state index contributed by atoms with van der Waals surface area (Å²) in [7, 11) is -3.74. The Labute approximate surface area is 198 Å². The zero-order chi connectivity index (χ0) is 23.9. The minimum absolute atomic E-state index is 0.0111. The molecular weight excluding hydrogens is 454 g/mol. The van der Waals surface area contributed by atoms with Crippen molar-refractivity contribution in [1.82, 2.24) is 14.6 Å². The molecule has 6 rings (SSSR count). The SMILES string of the molecule is CC(=O)N1CCN(c2cc(S(=O)(=O)NC3(C)CC3)cc3nc(NC(=O)C45CC4C5)ccc23)CC1. The molecule has 180 valence electrons. The number of rotatable bonds is 6. The fraction of sp³-hybridized carbons (Fsp3) is 0.542. The van der Waals surface area contributed by atoms with Crippen molar-refractivity contribution < 1.29 is 18.0 Å². The molecule has 1 aromatic heterocycles. The Morgan fingerprint density at radius 1 is 1.09 bits per heavy atom. The van der Waals surface area contributed by atoms with E-state index in [0.717, 1.165) is 36.8 Å². The molecule has 3 saturated carbocycles. The van der Waals surface area contributed by atoms with Gasteiger partial charge in [-0.3, -0.25) is 9.59 Å². The number of hydrogen-bond donors (Lipinski definition) is 2. The molecule has 0 unspecified atom stereocenters. The highest BCUT2D eigenvalue weighted by Gasteiger charge is 2.74. The van der Waals surface area contributed by atoms with Crippen LogP contribution in [0, 0.1) is 11.3 Å². The maximum atomic E-state index is 13.2. The van der Waals surface area contributed by atoms with Crippen LogP contribution in [0.25, 0.3) is 10.9 Å². The van der Waals surface area contributed by atoms with Crippen LogP contribution in [-0.4, -0.2) is 61.8 Å². The number of pyridine rings is 1. The summed E-state index contributed by atoms with van der Waals surface area (Å²) in [5.74, 6) is 1.02. The van der Waals surface area contributed by atoms with Gasteiger partial charge in [0.25, 0.3) is 0 Å². The molecule has 2 amide bonds. The molecule has 2 aromatic rings. The maximum Gasteiger partial charge on any atom is 0.241 e. The molecular formula is C24H29N5O4S. The second kappa shape index (κ2) is 7.14. The Balaban J connectivity index is 1.37. The summed E-state index contributed by atoms with van der Waals surface area (Å²) in [5.41, 5.74) is 0.725. The molecule has 4 fully saturated rings. The molecule has 0 atom stereocenters. The van der Waals surface area contributed by atoms with Crippen molar-refractivity contribution in [3.8, 4) is 0 Å². The predicted molar refractivity (Wildman–Crippen MR) is 128 cm³/mol. The predicted octanol–water partition coefficient (Wildman–Crippen LogP) is 2.08. The van der Waals surface area contributed by atoms with E-state index in [-0.39, 0.29) is 22.1 Å². The first-order valence-electron chi connectivity index (χ1n) is 11.9. The molecule has 0 bridgehead atoms. The van der Waals surface area contributed by atoms with E-state index in [2.05, 4.69) is 19.9 Å². The van der Waals surface area contributed by atoms with Gasteiger partial charge < -0.3 is 15.1 Å². The standard InChI is InChI=1S/C24H29N5O4S/c1-15(30)28-7-9-29(10-8-28)20-12-17(34(32,33)27-23(2)5-6-23)11-19-18(20)3-4-21(25-19)26-22(31)24-13-16(24)14-24/h3-4,11-12,16,27H,5-10,13-14H2,1-2H3,(H,25,26,31). The molecule has 0 radical (unpaired) electrons. The Morgan fingerprint density at radius 2 is 1.76 bits per heavy atom. The molecule has 10 heteroatoms. The van der Waals surface area contributed by atoms with E-state index in [9.17, 15) is 18.0 Å². The van der Waals surface area contributed by atoms with Gasteiger partial charge in [-0.2, -0.15) is 0 Å². The van der Waals surface area contributed by atoms with Gasteiger partial charge in [0, 0.05) is 49.7 Å². The number of fused-ring (bicyclic) bond motifs is 2. The summed E-state index contributed by atoms with van der Waals surface area (Å²) in [5, 5.41) is 3.75. The lowest BCUT2D eigenvalue weighted by Crippen LogP contribution is -2.48. The lowest BCUT2D eigenvalue weighted by atomic mass is 10.1. The summed E-state index contributed by atoms with van der Waals surface area (Å²) in [6.45, 7) is 5.83. The first-order chi connectivity index (χ1) is 16.1. The Bertz CT molecular complexity index is 1320. The van der Waals surface area contributed by atoms with E-state index in [1.165, 1.54) is 0 Å². The van der Waals surface area contributed by atoms with Crippen LogP contribution in [0.3, 0.4) is 0 Å². The van der Waals surface area contributed by atoms with Gasteiger partial charge in [-0.05, 0) is 62.8 Å². The zero-order valence-corrected chi connectivity index (χ0v) is 20.2. The van der Waals surface area contributed by atoms with Gasteiger partial charge in [-0.1, -0.05) is 0 Å². The van der Waals surface area contributed by atoms with Crippen molar-refractivity contribution in [2.24, 2.45) is 11.3 Å². The molecule has 0 spiro atoms. The number of amides is 2. The second-order valence-electron chi connectivity index (χ2n) is 10.6. The van der Waals surface area contributed by atoms with Crippen LogP contribution >= 0.6 is 0 Å². The quantitative estimate of drug-likeness (QED) is 0.651. The number of anilines is 2. The van der Waals surface area contributed by atoms with Crippen LogP contribution in [0.5, 0.6) is 0 Å². The number of sulfonamides is 1. The van der Waals surface area contributed by atoms with Gasteiger partial charge in [0.2, 0.25) is 21.8 Å². The smallest absolute Gasteiger partial charge is 0.241 e. The van der Waals surface area contributed by atoms with Gasteiger partial charge in [-0.15, -0.1) is 0 Å². The summed E-state index contributed by atoms with van der Waals surface area (Å²) in [4.78, 5) is 33.0. The first-order valence-corrected chi connectivity index (χ1v) is 13.4. The molecule has 1 aromatic carbocycles. The average molecular weight is 484 g/mol. The largest absolute Gasteiger partial charge is 0.367 e. The van der Waals surface area contributed by atoms with Crippen LogP contribution in [0.2, 0.25) is 0 Å². The number of hydrogen-bond acceptors (Lipinski definition) is 6. The van der Waals surface area contributed by atoms with E-state index in [0.29, 0.717) is 43.4 Å². The number of piperazine rings is 1. The summed E-state index contributed by atoms with van der Waals surface area (Å²) >= 11 is 0. The summed E-state index contributed by atoms with van der Waals surface area (Å²) in [6.07, 6.45) is 3.54. The lowest BCUT2D eigenvalue weighted by Gasteiger charge is -2.36. The van der Waals surface area contributed by atoms with Crippen molar-refractivity contribution in [1.29, 1.82) is 0 Å². The highest BCUT2D eigenvalue weighted by atomic mass is 32.2. The Morgan fingerprint density at radius 3 is 2.35 bits per heavy atom. The number of nitrogens with one attached hydrogen (secondary N) is 2. The Hall–Kier alpha value is -2.72. The number of carbonyl (C=O) groups is 2. The van der Waals surface area contributed by atoms with Gasteiger partial charge in [0.1, 0.15) is 5.82 Å². The van der Waals surface area contributed by atoms with Crippen molar-refractivity contribution in [2.75, 3.05) is 36.4 Å². The molecule has 1 saturated heterocycles. The van der Waals surface area contributed by atoms with Crippen LogP contribution in [0.15, 0.2) is 29.2 Å². The molecule has 1 aliphatic heterocycles. The normalized spacial score (nSPS) is 26.7. The van der Waals surface area contributed by atoms with Gasteiger partial charge in [0.15, 0.2) is 0 Å². The molecule has 9 nitrogen and oxygen atoms in total. The van der Waals surface area contributed by atoms with Crippen molar-refractivity contribution in [2.45, 2.75) is 50.0 Å². The van der Waals surface area contributed by atoms with Crippen LogP contribution in [0.1, 0.15) is 39.5 Å². The van der Waals surface area contributed by atoms with E-state index < -0.39 is 15.6 Å². The second-order valence-corrected chi connectivity index (χ2v) is 12.3. The third kappa shape index (κ3) is 3.73. The number of benzene rings is 1. The zero-order valence-electron chi connectivity index (χ0n) is 19.4. The lowest BCUT2D eigenvalue weighted by molar-refractivity contribution is -0.129. The number of nitrogens with zero attached hydrogens (tertiary/aromatic N) is 3. The van der Waals surface area contributed by atoms with Crippen LogP contribution < -0.4 is 14.9 Å². The fourth-order valence-corrected chi connectivity index (χ4v) is 6.43. The molecule has 2 heterocycles. The maximum absolute atomic E-state index is 13.2. The highest BCUT2D eigenvalue weighted by Crippen LogP contribution is 2.75. The van der Waals surface area contributed by atoms with Gasteiger partial charge >= 0.3 is 0 Å². The topological polar surface area (TPSA) is 112 Å². The van der Waals surface area contributed by atoms with Crippen LogP contribution in [-0.2, 0) is 19.6 Å². The average Bonchev–Trinajstić information content (AvgIpc) is 3.70. The Kier molecular flexibility index (Phi) is 4.58. The van der Waals surface area contributed by atoms with E-state index in [4.69, 9.17) is 0 Å². The van der Waals surface area contributed by atoms with Crippen molar-refractivity contribution >= 4 is 44.2 Å². The summed E-state index contributed by atoms with van der Waals surface area (Å²) in [6, 6.07) is 6.97. The monoisotopic (exact) mass is 483 g/mol. The highest BCUT2D eigenvalue weighted by molar-refractivity contribution is 7.89. The first kappa shape index (κ1) is 21.8. The van der Waals surface area contributed by atoms with E-state index in [1.54, 1.807) is 30.0 Å². The summed E-state index contributed by atoms with van der Waals surface area (Å²) < 4.78 is 29.3. The molecule has 2 N–H and O–H groups in total. The third-order valence-corrected chi connectivity index (χ3v) is 9.51. The molecule has 3 aliphatic carbocycles. The number of aromatic nitrogens is 1. The van der Waals surface area contributed by atoms with Crippen molar-refractivity contribution in [3.05, 3.63) is 24.3 Å². The van der Waals surface area contributed by atoms with Gasteiger partial charge in [-0.25, -0.2) is 18.1 Å². The molecule has 4 aliphatic rings. The third-order valence-electron chi connectivity index (χ3n) is 7.89. The fourth-order valence-electron chi connectivity index (χ4n) is 4.93. The van der Waals surface area contributed by atoms with Crippen LogP contribution in [0.4, 0.5) is 11.5 Å². The van der Waals surface area contributed by atoms with E-state index >= 15 is 0 Å². The van der Waals surface area contributed by atoms with E-state index in [1.807, 2.05) is 13.0 Å². The molecule has 34 heavy (non-hydrogen) atoms. The minimum atomic E-state index is -3.74. The number of carbonyl (C=O) groups excluding carboxylic acids is 2. The van der Waals surface area contributed by atoms with Gasteiger partial charge in [0.05, 0.1) is 15.8 Å².